The Balaban J connectivity index is 1.90. The first-order valence-electron chi connectivity index (χ1n) is 6.90. The summed E-state index contributed by atoms with van der Waals surface area (Å²) in [6.45, 7) is 1.55. The van der Waals surface area contributed by atoms with Crippen molar-refractivity contribution in [2.45, 2.75) is 30.7 Å². The Morgan fingerprint density at radius 1 is 1.18 bits per heavy atom. The number of sulfonamides is 2. The fourth-order valence-electron chi connectivity index (χ4n) is 2.34. The van der Waals surface area contributed by atoms with Gasteiger partial charge < -0.3 is 0 Å². The minimum absolute atomic E-state index is 0.00827. The SMILES string of the molecule is CC1CS(=O)(=O)N(c2ccc(S(=O)(=O)NC3CC3)cc2)C1=O. The largest absolute Gasteiger partial charge is 0.273 e. The Hall–Kier alpha value is -1.45. The molecule has 1 unspecified atom stereocenters. The van der Waals surface area contributed by atoms with Gasteiger partial charge in [0.25, 0.3) is 0 Å². The van der Waals surface area contributed by atoms with Crippen molar-refractivity contribution in [2.24, 2.45) is 5.92 Å². The molecule has 3 rings (SSSR count). The van der Waals surface area contributed by atoms with Crippen LogP contribution in [0.1, 0.15) is 19.8 Å². The molecule has 0 radical (unpaired) electrons. The van der Waals surface area contributed by atoms with Crippen LogP contribution in [-0.4, -0.2) is 34.5 Å². The third-order valence-electron chi connectivity index (χ3n) is 3.64. The topological polar surface area (TPSA) is 101 Å². The molecule has 1 atom stereocenters. The number of nitrogens with one attached hydrogen (secondary N) is 1. The van der Waals surface area contributed by atoms with Gasteiger partial charge in [-0.2, -0.15) is 0 Å². The van der Waals surface area contributed by atoms with Crippen LogP contribution in [0.15, 0.2) is 29.2 Å². The zero-order valence-electron chi connectivity index (χ0n) is 11.9. The zero-order valence-corrected chi connectivity index (χ0v) is 13.5. The van der Waals surface area contributed by atoms with Crippen LogP contribution in [-0.2, 0) is 24.8 Å². The molecule has 1 heterocycles. The molecule has 0 bridgehead atoms. The van der Waals surface area contributed by atoms with Gasteiger partial charge in [0.1, 0.15) is 0 Å². The second-order valence-electron chi connectivity index (χ2n) is 5.67. The van der Waals surface area contributed by atoms with E-state index in [1.165, 1.54) is 24.3 Å². The molecule has 9 heteroatoms. The molecule has 2 aliphatic rings. The minimum atomic E-state index is -3.68. The quantitative estimate of drug-likeness (QED) is 0.854. The van der Waals surface area contributed by atoms with Crippen molar-refractivity contribution in [1.82, 2.24) is 4.72 Å². The summed E-state index contributed by atoms with van der Waals surface area (Å²) < 4.78 is 51.4. The average Bonchev–Trinajstić information content (AvgIpc) is 3.18. The molecule has 1 aromatic carbocycles. The van der Waals surface area contributed by atoms with E-state index in [4.69, 9.17) is 0 Å². The monoisotopic (exact) mass is 344 g/mol. The molecule has 0 spiro atoms. The number of hydrogen-bond acceptors (Lipinski definition) is 5. The van der Waals surface area contributed by atoms with Crippen molar-refractivity contribution in [3.05, 3.63) is 24.3 Å². The van der Waals surface area contributed by atoms with Crippen LogP contribution in [0.5, 0.6) is 0 Å². The van der Waals surface area contributed by atoms with Crippen LogP contribution >= 0.6 is 0 Å². The Labute approximate surface area is 129 Å². The van der Waals surface area contributed by atoms with Crippen molar-refractivity contribution in [2.75, 3.05) is 10.1 Å². The van der Waals surface area contributed by atoms with E-state index in [1.807, 2.05) is 0 Å². The number of rotatable bonds is 4. The summed E-state index contributed by atoms with van der Waals surface area (Å²) in [5, 5.41) is 0. The van der Waals surface area contributed by atoms with E-state index in [2.05, 4.69) is 4.72 Å². The molecule has 1 amide bonds. The van der Waals surface area contributed by atoms with E-state index >= 15 is 0 Å². The molecular formula is C13H16N2O5S2. The fourth-order valence-corrected chi connectivity index (χ4v) is 5.46. The van der Waals surface area contributed by atoms with Crippen molar-refractivity contribution in [3.8, 4) is 0 Å². The first kappa shape index (κ1) is 15.4. The third kappa shape index (κ3) is 2.75. The second kappa shape index (κ2) is 5.04. The highest BCUT2D eigenvalue weighted by Crippen LogP contribution is 2.29. The van der Waals surface area contributed by atoms with Crippen LogP contribution in [0.25, 0.3) is 0 Å². The Morgan fingerprint density at radius 3 is 2.23 bits per heavy atom. The van der Waals surface area contributed by atoms with Crippen LogP contribution in [0.4, 0.5) is 5.69 Å². The molecule has 1 saturated carbocycles. The lowest BCUT2D eigenvalue weighted by Gasteiger charge is -2.15. The average molecular weight is 344 g/mol. The van der Waals surface area contributed by atoms with E-state index in [0.717, 1.165) is 17.1 Å². The highest BCUT2D eigenvalue weighted by molar-refractivity contribution is 7.94. The molecule has 22 heavy (non-hydrogen) atoms. The smallest absolute Gasteiger partial charge is 0.244 e. The highest BCUT2D eigenvalue weighted by atomic mass is 32.2. The van der Waals surface area contributed by atoms with Gasteiger partial charge in [0.2, 0.25) is 26.0 Å². The van der Waals surface area contributed by atoms with Gasteiger partial charge in [-0.05, 0) is 37.1 Å². The zero-order chi connectivity index (χ0) is 16.1. The summed E-state index contributed by atoms with van der Waals surface area (Å²) in [4.78, 5) is 12.0. The number of hydrogen-bond donors (Lipinski definition) is 1. The lowest BCUT2D eigenvalue weighted by Crippen LogP contribution is -2.30. The van der Waals surface area contributed by atoms with Gasteiger partial charge in [-0.3, -0.25) is 4.79 Å². The van der Waals surface area contributed by atoms with Gasteiger partial charge in [0.05, 0.1) is 22.3 Å². The number of anilines is 1. The van der Waals surface area contributed by atoms with E-state index in [1.54, 1.807) is 6.92 Å². The van der Waals surface area contributed by atoms with E-state index in [-0.39, 0.29) is 22.4 Å². The van der Waals surface area contributed by atoms with Gasteiger partial charge in [0.15, 0.2) is 0 Å². The number of carbonyl (C=O) groups is 1. The van der Waals surface area contributed by atoms with Crippen LogP contribution in [0.2, 0.25) is 0 Å². The van der Waals surface area contributed by atoms with E-state index in [0.29, 0.717) is 0 Å². The summed E-state index contributed by atoms with van der Waals surface area (Å²) in [7, 11) is -7.27. The standard InChI is InChI=1S/C13H16N2O5S2/c1-9-8-21(17,18)15(13(9)16)11-4-6-12(7-5-11)22(19,20)14-10-2-3-10/h4-7,9-10,14H,2-3,8H2,1H3. The predicted octanol–water partition coefficient (Wildman–Crippen LogP) is 0.440. The molecule has 0 aromatic heterocycles. The van der Waals surface area contributed by atoms with Crippen molar-refractivity contribution in [3.63, 3.8) is 0 Å². The first-order valence-corrected chi connectivity index (χ1v) is 9.99. The van der Waals surface area contributed by atoms with Crippen molar-refractivity contribution in [1.29, 1.82) is 0 Å². The fraction of sp³-hybridized carbons (Fsp3) is 0.462. The van der Waals surface area contributed by atoms with Crippen LogP contribution in [0.3, 0.4) is 0 Å². The first-order chi connectivity index (χ1) is 10.2. The van der Waals surface area contributed by atoms with Crippen molar-refractivity contribution < 1.29 is 21.6 Å². The maximum absolute atomic E-state index is 12.0. The summed E-state index contributed by atoms with van der Waals surface area (Å²) in [5.41, 5.74) is 0.166. The third-order valence-corrected chi connectivity index (χ3v) is 7.05. The Bertz CT molecular complexity index is 810. The van der Waals surface area contributed by atoms with Crippen LogP contribution in [0, 0.1) is 5.92 Å². The van der Waals surface area contributed by atoms with Gasteiger partial charge >= 0.3 is 0 Å². The van der Waals surface area contributed by atoms with E-state index < -0.39 is 31.9 Å². The molecular weight excluding hydrogens is 328 g/mol. The van der Waals surface area contributed by atoms with Gasteiger partial charge in [0, 0.05) is 6.04 Å². The summed E-state index contributed by atoms with van der Waals surface area (Å²) in [6, 6.07) is 5.30. The molecule has 1 saturated heterocycles. The second-order valence-corrected chi connectivity index (χ2v) is 9.25. The predicted molar refractivity (Wildman–Crippen MR) is 80.2 cm³/mol. The lowest BCUT2D eigenvalue weighted by atomic mass is 10.2. The van der Waals surface area contributed by atoms with Crippen LogP contribution < -0.4 is 9.03 Å². The molecule has 7 nitrogen and oxygen atoms in total. The minimum Gasteiger partial charge on any atom is -0.273 e. The molecule has 1 aliphatic carbocycles. The molecule has 1 N–H and O–H groups in total. The number of amides is 1. The summed E-state index contributed by atoms with van der Waals surface area (Å²) >= 11 is 0. The Kier molecular flexibility index (Phi) is 3.54. The maximum Gasteiger partial charge on any atom is 0.244 e. The summed E-state index contributed by atoms with van der Waals surface area (Å²) in [5.74, 6) is -1.31. The van der Waals surface area contributed by atoms with E-state index in [9.17, 15) is 21.6 Å². The normalized spacial score (nSPS) is 24.7. The number of carbonyl (C=O) groups excluding carboxylic acids is 1. The van der Waals surface area contributed by atoms with Crippen molar-refractivity contribution >= 4 is 31.6 Å². The molecule has 1 aromatic rings. The van der Waals surface area contributed by atoms with Gasteiger partial charge in [-0.25, -0.2) is 25.9 Å². The number of nitrogens with zero attached hydrogens (tertiary/aromatic N) is 1. The molecule has 120 valence electrons. The lowest BCUT2D eigenvalue weighted by molar-refractivity contribution is -0.119. The van der Waals surface area contributed by atoms with Gasteiger partial charge in [-0.1, -0.05) is 6.92 Å². The highest BCUT2D eigenvalue weighted by Gasteiger charge is 2.42. The Morgan fingerprint density at radius 2 is 1.77 bits per heavy atom. The number of benzene rings is 1. The molecule has 2 fully saturated rings. The molecule has 1 aliphatic heterocycles. The summed E-state index contributed by atoms with van der Waals surface area (Å²) in [6.07, 6.45) is 1.66. The van der Waals surface area contributed by atoms with Gasteiger partial charge in [-0.15, -0.1) is 0 Å². The maximum atomic E-state index is 12.0.